The Morgan fingerprint density at radius 3 is 2.43 bits per heavy atom. The van der Waals surface area contributed by atoms with E-state index < -0.39 is 0 Å². The van der Waals surface area contributed by atoms with Crippen molar-refractivity contribution in [3.8, 4) is 0 Å². The minimum atomic E-state index is 0.171. The highest BCUT2D eigenvalue weighted by molar-refractivity contribution is 5.78. The first-order chi connectivity index (χ1) is 11.1. The number of carbonyl (C=O) groups is 2. The average Bonchev–Trinajstić information content (AvgIpc) is 3.33. The summed E-state index contributed by atoms with van der Waals surface area (Å²) in [6.07, 6.45) is 5.62. The number of nitrogens with zero attached hydrogens (tertiary/aromatic N) is 3. The van der Waals surface area contributed by atoms with E-state index in [4.69, 9.17) is 0 Å². The zero-order valence-electron chi connectivity index (χ0n) is 14.1. The first kappa shape index (κ1) is 16.5. The summed E-state index contributed by atoms with van der Waals surface area (Å²) < 4.78 is 0. The van der Waals surface area contributed by atoms with Crippen molar-refractivity contribution in [2.24, 2.45) is 0 Å². The number of rotatable bonds is 5. The van der Waals surface area contributed by atoms with Crippen LogP contribution in [0.2, 0.25) is 0 Å². The molecule has 0 aromatic carbocycles. The van der Waals surface area contributed by atoms with E-state index >= 15 is 0 Å². The molecule has 0 unspecified atom stereocenters. The van der Waals surface area contributed by atoms with Crippen molar-refractivity contribution in [3.63, 3.8) is 0 Å². The molecular weight excluding hydrogens is 292 g/mol. The highest BCUT2D eigenvalue weighted by Gasteiger charge is 2.25. The van der Waals surface area contributed by atoms with E-state index in [9.17, 15) is 9.59 Å². The van der Waals surface area contributed by atoms with Crippen LogP contribution in [0.4, 0.5) is 0 Å². The van der Waals surface area contributed by atoms with E-state index in [0.29, 0.717) is 12.6 Å². The molecule has 0 aromatic rings. The Hall–Kier alpha value is -1.40. The fourth-order valence-corrected chi connectivity index (χ4v) is 3.25. The van der Waals surface area contributed by atoms with Crippen molar-refractivity contribution in [2.75, 3.05) is 52.4 Å². The molecule has 2 heterocycles. The summed E-state index contributed by atoms with van der Waals surface area (Å²) in [4.78, 5) is 29.8. The topological polar surface area (TPSA) is 55.9 Å². The second-order valence-corrected chi connectivity index (χ2v) is 6.97. The molecule has 128 valence electrons. The van der Waals surface area contributed by atoms with E-state index in [1.54, 1.807) is 6.92 Å². The molecule has 0 spiro atoms. The first-order valence-corrected chi connectivity index (χ1v) is 8.77. The second-order valence-electron chi connectivity index (χ2n) is 6.97. The van der Waals surface area contributed by atoms with Crippen LogP contribution in [0.25, 0.3) is 0 Å². The van der Waals surface area contributed by atoms with E-state index in [2.05, 4.69) is 21.2 Å². The Morgan fingerprint density at radius 1 is 1.13 bits per heavy atom. The van der Waals surface area contributed by atoms with Gasteiger partial charge in [0.1, 0.15) is 0 Å². The average molecular weight is 320 g/mol. The van der Waals surface area contributed by atoms with Gasteiger partial charge < -0.3 is 10.2 Å². The summed E-state index contributed by atoms with van der Waals surface area (Å²) in [5.41, 5.74) is 1.47. The van der Waals surface area contributed by atoms with Gasteiger partial charge in [0.05, 0.1) is 6.54 Å². The van der Waals surface area contributed by atoms with Crippen LogP contribution in [-0.2, 0) is 9.59 Å². The molecule has 1 N–H and O–H groups in total. The molecule has 1 saturated heterocycles. The molecule has 0 aromatic heterocycles. The molecule has 6 nitrogen and oxygen atoms in total. The lowest BCUT2D eigenvalue weighted by molar-refractivity contribution is -0.130. The van der Waals surface area contributed by atoms with Gasteiger partial charge in [0, 0.05) is 58.8 Å². The molecule has 2 amide bonds. The van der Waals surface area contributed by atoms with Gasteiger partial charge in [-0.05, 0) is 19.3 Å². The lowest BCUT2D eigenvalue weighted by Crippen LogP contribution is -2.48. The van der Waals surface area contributed by atoms with Gasteiger partial charge in [0.25, 0.3) is 0 Å². The Kier molecular flexibility index (Phi) is 5.33. The van der Waals surface area contributed by atoms with Crippen molar-refractivity contribution in [3.05, 3.63) is 11.6 Å². The zero-order valence-corrected chi connectivity index (χ0v) is 14.1. The van der Waals surface area contributed by atoms with Crippen LogP contribution in [0.3, 0.4) is 0 Å². The van der Waals surface area contributed by atoms with Crippen LogP contribution in [0.1, 0.15) is 26.2 Å². The lowest BCUT2D eigenvalue weighted by atomic mass is 10.1. The van der Waals surface area contributed by atoms with Gasteiger partial charge in [-0.1, -0.05) is 11.6 Å². The monoisotopic (exact) mass is 320 g/mol. The largest absolute Gasteiger partial charge is 0.352 e. The molecule has 0 atom stereocenters. The number of amides is 2. The number of carbonyl (C=O) groups excluding carboxylic acids is 2. The van der Waals surface area contributed by atoms with E-state index in [1.807, 2.05) is 4.90 Å². The standard InChI is InChI=1S/C17H28N4O2/c1-14(22)21-10-8-20(9-11-21)12-15-4-6-19(7-5-15)13-17(23)18-16-2-3-16/h4,16H,2-3,5-13H2,1H3,(H,18,23). The smallest absolute Gasteiger partial charge is 0.234 e. The van der Waals surface area contributed by atoms with Gasteiger partial charge in [-0.15, -0.1) is 0 Å². The van der Waals surface area contributed by atoms with E-state index in [1.165, 1.54) is 5.57 Å². The highest BCUT2D eigenvalue weighted by atomic mass is 16.2. The van der Waals surface area contributed by atoms with Gasteiger partial charge in [-0.25, -0.2) is 0 Å². The maximum atomic E-state index is 11.8. The highest BCUT2D eigenvalue weighted by Crippen LogP contribution is 2.19. The molecule has 6 heteroatoms. The van der Waals surface area contributed by atoms with E-state index in [-0.39, 0.29) is 11.8 Å². The van der Waals surface area contributed by atoms with E-state index in [0.717, 1.165) is 65.1 Å². The quantitative estimate of drug-likeness (QED) is 0.728. The zero-order chi connectivity index (χ0) is 16.2. The molecule has 1 saturated carbocycles. The number of hydrogen-bond acceptors (Lipinski definition) is 4. The van der Waals surface area contributed by atoms with Crippen LogP contribution < -0.4 is 5.32 Å². The summed E-state index contributed by atoms with van der Waals surface area (Å²) in [6, 6.07) is 0.451. The normalized spacial score (nSPS) is 23.5. The number of piperazine rings is 1. The fraction of sp³-hybridized carbons (Fsp3) is 0.765. The predicted molar refractivity (Wildman–Crippen MR) is 89.0 cm³/mol. The minimum absolute atomic E-state index is 0.171. The Balaban J connectivity index is 1.37. The lowest BCUT2D eigenvalue weighted by Gasteiger charge is -2.35. The van der Waals surface area contributed by atoms with Crippen LogP contribution >= 0.6 is 0 Å². The van der Waals surface area contributed by atoms with Crippen LogP contribution in [0, 0.1) is 0 Å². The maximum Gasteiger partial charge on any atom is 0.234 e. The second kappa shape index (κ2) is 7.45. The van der Waals surface area contributed by atoms with Gasteiger partial charge >= 0.3 is 0 Å². The van der Waals surface area contributed by atoms with Gasteiger partial charge in [-0.3, -0.25) is 19.4 Å². The van der Waals surface area contributed by atoms with Crippen molar-refractivity contribution in [1.29, 1.82) is 0 Å². The van der Waals surface area contributed by atoms with Crippen LogP contribution in [0.15, 0.2) is 11.6 Å². The maximum absolute atomic E-state index is 11.8. The number of nitrogens with one attached hydrogen (secondary N) is 1. The molecule has 2 fully saturated rings. The third kappa shape index (κ3) is 5.04. The Bertz CT molecular complexity index is 479. The van der Waals surface area contributed by atoms with Gasteiger partial charge in [-0.2, -0.15) is 0 Å². The van der Waals surface area contributed by atoms with Crippen LogP contribution in [0.5, 0.6) is 0 Å². The molecule has 23 heavy (non-hydrogen) atoms. The van der Waals surface area contributed by atoms with Crippen LogP contribution in [-0.4, -0.2) is 84.9 Å². The van der Waals surface area contributed by atoms with Crippen molar-refractivity contribution in [1.82, 2.24) is 20.0 Å². The van der Waals surface area contributed by atoms with Gasteiger partial charge in [0.15, 0.2) is 0 Å². The first-order valence-electron chi connectivity index (χ1n) is 8.77. The fourth-order valence-electron chi connectivity index (χ4n) is 3.25. The Labute approximate surface area is 138 Å². The molecule has 0 radical (unpaired) electrons. The summed E-state index contributed by atoms with van der Waals surface area (Å²) in [6.45, 7) is 8.64. The third-order valence-corrected chi connectivity index (χ3v) is 4.94. The van der Waals surface area contributed by atoms with Crippen molar-refractivity contribution < 1.29 is 9.59 Å². The predicted octanol–water partition coefficient (Wildman–Crippen LogP) is 0.0612. The van der Waals surface area contributed by atoms with Crippen molar-refractivity contribution in [2.45, 2.75) is 32.2 Å². The molecule has 3 aliphatic rings. The SMILES string of the molecule is CC(=O)N1CCN(CC2=CCN(CC(=O)NC3CC3)CC2)CC1. The minimum Gasteiger partial charge on any atom is -0.352 e. The number of hydrogen-bond donors (Lipinski definition) is 1. The summed E-state index contributed by atoms with van der Waals surface area (Å²) >= 11 is 0. The Morgan fingerprint density at radius 2 is 1.87 bits per heavy atom. The molecule has 3 rings (SSSR count). The molecule has 0 bridgehead atoms. The summed E-state index contributed by atoms with van der Waals surface area (Å²) in [5, 5.41) is 3.05. The molecule has 2 aliphatic heterocycles. The summed E-state index contributed by atoms with van der Waals surface area (Å²) in [7, 11) is 0. The van der Waals surface area contributed by atoms with Gasteiger partial charge in [0.2, 0.25) is 11.8 Å². The molecular formula is C17H28N4O2. The summed E-state index contributed by atoms with van der Waals surface area (Å²) in [5.74, 6) is 0.353. The molecule has 1 aliphatic carbocycles. The van der Waals surface area contributed by atoms with Crippen molar-refractivity contribution >= 4 is 11.8 Å². The third-order valence-electron chi connectivity index (χ3n) is 4.94.